The van der Waals surface area contributed by atoms with Crippen LogP contribution in [-0.4, -0.2) is 45.8 Å². The van der Waals surface area contributed by atoms with E-state index in [1.165, 1.54) is 30.5 Å². The van der Waals surface area contributed by atoms with Gasteiger partial charge >= 0.3 is 5.97 Å². The van der Waals surface area contributed by atoms with E-state index in [1.54, 1.807) is 36.4 Å². The maximum absolute atomic E-state index is 12.3. The largest absolute Gasteiger partial charge is 0.495 e. The fourth-order valence-corrected chi connectivity index (χ4v) is 4.52. The fourth-order valence-electron chi connectivity index (χ4n) is 2.96. The zero-order valence-corrected chi connectivity index (χ0v) is 16.9. The van der Waals surface area contributed by atoms with E-state index in [2.05, 4.69) is 5.32 Å². The van der Waals surface area contributed by atoms with Crippen molar-refractivity contribution in [2.24, 2.45) is 0 Å². The lowest BCUT2D eigenvalue weighted by molar-refractivity contribution is -0.123. The molecule has 1 fully saturated rings. The van der Waals surface area contributed by atoms with E-state index in [0.29, 0.717) is 30.1 Å². The number of hydrogen-bond acceptors (Lipinski definition) is 6. The van der Waals surface area contributed by atoms with E-state index >= 15 is 0 Å². The number of para-hydroxylation sites is 2. The third kappa shape index (κ3) is 4.68. The van der Waals surface area contributed by atoms with Crippen molar-refractivity contribution in [1.82, 2.24) is 0 Å². The molecule has 154 valence electrons. The van der Waals surface area contributed by atoms with Gasteiger partial charge in [0.15, 0.2) is 6.10 Å². The SMILES string of the molecule is COc1ccccc1NC(=O)C(C)OC(=O)c1ccc(N2CCCS2(=O)=O)cc1. The van der Waals surface area contributed by atoms with Crippen molar-refractivity contribution in [2.75, 3.05) is 29.0 Å². The van der Waals surface area contributed by atoms with Crippen LogP contribution in [0.1, 0.15) is 23.7 Å². The molecule has 0 spiro atoms. The van der Waals surface area contributed by atoms with E-state index in [9.17, 15) is 18.0 Å². The van der Waals surface area contributed by atoms with E-state index in [0.717, 1.165) is 0 Å². The number of amides is 1. The van der Waals surface area contributed by atoms with Crippen LogP contribution in [0.2, 0.25) is 0 Å². The van der Waals surface area contributed by atoms with Crippen LogP contribution in [-0.2, 0) is 19.6 Å². The van der Waals surface area contributed by atoms with Crippen LogP contribution < -0.4 is 14.4 Å². The molecule has 1 aliphatic rings. The highest BCUT2D eigenvalue weighted by Gasteiger charge is 2.28. The molecule has 0 saturated carbocycles. The summed E-state index contributed by atoms with van der Waals surface area (Å²) >= 11 is 0. The quantitative estimate of drug-likeness (QED) is 0.723. The first-order valence-corrected chi connectivity index (χ1v) is 10.7. The molecular formula is C20H22N2O6S. The Bertz CT molecular complexity index is 1000. The molecule has 1 heterocycles. The number of carbonyl (C=O) groups is 2. The second-order valence-corrected chi connectivity index (χ2v) is 8.54. The first-order chi connectivity index (χ1) is 13.8. The molecule has 2 aromatic rings. The molecule has 1 amide bonds. The van der Waals surface area contributed by atoms with Crippen molar-refractivity contribution in [2.45, 2.75) is 19.4 Å². The summed E-state index contributed by atoms with van der Waals surface area (Å²) < 4.78 is 35.7. The van der Waals surface area contributed by atoms with Crippen LogP contribution in [0.25, 0.3) is 0 Å². The minimum Gasteiger partial charge on any atom is -0.495 e. The monoisotopic (exact) mass is 418 g/mol. The van der Waals surface area contributed by atoms with Crippen molar-refractivity contribution in [3.63, 3.8) is 0 Å². The molecule has 1 saturated heterocycles. The summed E-state index contributed by atoms with van der Waals surface area (Å²) in [4.78, 5) is 24.7. The number of ether oxygens (including phenoxy) is 2. The van der Waals surface area contributed by atoms with Crippen molar-refractivity contribution >= 4 is 33.3 Å². The Hall–Kier alpha value is -3.07. The van der Waals surface area contributed by atoms with Crippen LogP contribution in [0.5, 0.6) is 5.75 Å². The van der Waals surface area contributed by atoms with Crippen molar-refractivity contribution in [3.8, 4) is 5.75 Å². The standard InChI is InChI=1S/C20H22N2O6S/c1-14(19(23)21-17-6-3-4-7-18(17)27-2)28-20(24)15-8-10-16(11-9-15)22-12-5-13-29(22,25)26/h3-4,6-11,14H,5,12-13H2,1-2H3,(H,21,23). The Morgan fingerprint density at radius 1 is 1.10 bits per heavy atom. The van der Waals surface area contributed by atoms with Gasteiger partial charge < -0.3 is 14.8 Å². The van der Waals surface area contributed by atoms with Gasteiger partial charge in [0.25, 0.3) is 5.91 Å². The molecule has 3 rings (SSSR count). The Labute approximate surface area is 169 Å². The zero-order valence-electron chi connectivity index (χ0n) is 16.1. The van der Waals surface area contributed by atoms with Gasteiger partial charge in [-0.15, -0.1) is 0 Å². The molecule has 0 aliphatic carbocycles. The van der Waals surface area contributed by atoms with E-state index in [4.69, 9.17) is 9.47 Å². The number of esters is 1. The first-order valence-electron chi connectivity index (χ1n) is 9.07. The Kier molecular flexibility index (Phi) is 6.07. The predicted molar refractivity (Wildman–Crippen MR) is 109 cm³/mol. The second kappa shape index (κ2) is 8.52. The molecular weight excluding hydrogens is 396 g/mol. The maximum atomic E-state index is 12.3. The highest BCUT2D eigenvalue weighted by molar-refractivity contribution is 7.93. The number of methoxy groups -OCH3 is 1. The van der Waals surface area contributed by atoms with Gasteiger partial charge in [0.2, 0.25) is 10.0 Å². The van der Waals surface area contributed by atoms with E-state index < -0.39 is 28.0 Å². The van der Waals surface area contributed by atoms with Crippen molar-refractivity contribution in [1.29, 1.82) is 0 Å². The van der Waals surface area contributed by atoms with Gasteiger partial charge in [-0.2, -0.15) is 0 Å². The molecule has 29 heavy (non-hydrogen) atoms. The van der Waals surface area contributed by atoms with E-state index in [1.807, 2.05) is 0 Å². The summed E-state index contributed by atoms with van der Waals surface area (Å²) in [5, 5.41) is 2.66. The number of anilines is 2. The Morgan fingerprint density at radius 3 is 2.41 bits per heavy atom. The number of rotatable bonds is 6. The number of hydrogen-bond donors (Lipinski definition) is 1. The van der Waals surface area contributed by atoms with Gasteiger partial charge in [-0.3, -0.25) is 9.10 Å². The summed E-state index contributed by atoms with van der Waals surface area (Å²) in [5.74, 6) is -0.562. The summed E-state index contributed by atoms with van der Waals surface area (Å²) in [6.45, 7) is 1.89. The highest BCUT2D eigenvalue weighted by Crippen LogP contribution is 2.25. The van der Waals surface area contributed by atoms with Gasteiger partial charge in [0.05, 0.1) is 29.8 Å². The van der Waals surface area contributed by atoms with Crippen LogP contribution in [0.4, 0.5) is 11.4 Å². The molecule has 1 aliphatic heterocycles. The molecule has 1 N–H and O–H groups in total. The lowest BCUT2D eigenvalue weighted by Gasteiger charge is -2.17. The van der Waals surface area contributed by atoms with Gasteiger partial charge in [-0.1, -0.05) is 12.1 Å². The Morgan fingerprint density at radius 2 is 1.79 bits per heavy atom. The number of sulfonamides is 1. The molecule has 2 aromatic carbocycles. The van der Waals surface area contributed by atoms with Crippen LogP contribution in [0, 0.1) is 0 Å². The van der Waals surface area contributed by atoms with Gasteiger partial charge in [-0.25, -0.2) is 13.2 Å². The van der Waals surface area contributed by atoms with Gasteiger partial charge in [-0.05, 0) is 49.7 Å². The van der Waals surface area contributed by atoms with Crippen LogP contribution in [0.15, 0.2) is 48.5 Å². The lowest BCUT2D eigenvalue weighted by Crippen LogP contribution is -2.30. The molecule has 1 unspecified atom stereocenters. The van der Waals surface area contributed by atoms with Gasteiger partial charge in [0, 0.05) is 6.54 Å². The highest BCUT2D eigenvalue weighted by atomic mass is 32.2. The molecule has 8 nitrogen and oxygen atoms in total. The molecule has 0 bridgehead atoms. The third-order valence-corrected chi connectivity index (χ3v) is 6.38. The first kappa shape index (κ1) is 20.7. The third-order valence-electron chi connectivity index (χ3n) is 4.51. The Balaban J connectivity index is 1.62. The molecule has 0 aromatic heterocycles. The summed E-state index contributed by atoms with van der Waals surface area (Å²) in [5.41, 5.74) is 1.20. The lowest BCUT2D eigenvalue weighted by atomic mass is 10.2. The van der Waals surface area contributed by atoms with Crippen LogP contribution in [0.3, 0.4) is 0 Å². The number of carbonyl (C=O) groups excluding carboxylic acids is 2. The minimum atomic E-state index is -3.29. The maximum Gasteiger partial charge on any atom is 0.338 e. The predicted octanol–water partition coefficient (Wildman–Crippen LogP) is 2.42. The van der Waals surface area contributed by atoms with Crippen LogP contribution >= 0.6 is 0 Å². The molecule has 1 atom stereocenters. The zero-order chi connectivity index (χ0) is 21.0. The summed E-state index contributed by atoms with van der Waals surface area (Å²) in [6, 6.07) is 13.0. The second-order valence-electron chi connectivity index (χ2n) is 6.53. The van der Waals surface area contributed by atoms with Crippen molar-refractivity contribution in [3.05, 3.63) is 54.1 Å². The average molecular weight is 418 g/mol. The number of nitrogens with zero attached hydrogens (tertiary/aromatic N) is 1. The smallest absolute Gasteiger partial charge is 0.338 e. The summed E-state index contributed by atoms with van der Waals surface area (Å²) in [7, 11) is -1.79. The number of benzene rings is 2. The fraction of sp³-hybridized carbons (Fsp3) is 0.300. The number of nitrogens with one attached hydrogen (secondary N) is 1. The van der Waals surface area contributed by atoms with Crippen molar-refractivity contribution < 1.29 is 27.5 Å². The topological polar surface area (TPSA) is 102 Å². The molecule has 9 heteroatoms. The molecule has 0 radical (unpaired) electrons. The normalized spacial score (nSPS) is 16.1. The van der Waals surface area contributed by atoms with Gasteiger partial charge in [0.1, 0.15) is 5.75 Å². The van der Waals surface area contributed by atoms with E-state index in [-0.39, 0.29) is 11.3 Å². The average Bonchev–Trinajstić information content (AvgIpc) is 3.07. The minimum absolute atomic E-state index is 0.121. The summed E-state index contributed by atoms with van der Waals surface area (Å²) in [6.07, 6.45) is -0.462.